The van der Waals surface area contributed by atoms with E-state index in [1.54, 1.807) is 12.5 Å². The Labute approximate surface area is 206 Å². The van der Waals surface area contributed by atoms with Crippen LogP contribution in [-0.4, -0.2) is 35.2 Å². The number of carbonyl (C=O) groups is 2. The van der Waals surface area contributed by atoms with Gasteiger partial charge in [0, 0.05) is 32.4 Å². The van der Waals surface area contributed by atoms with Crippen molar-refractivity contribution >= 4 is 17.8 Å². The zero-order valence-electron chi connectivity index (χ0n) is 22.1. The number of aryl methyl sites for hydroxylation is 1. The van der Waals surface area contributed by atoms with Gasteiger partial charge in [-0.3, -0.25) is 9.78 Å². The van der Waals surface area contributed by atoms with Crippen LogP contribution >= 0.6 is 0 Å². The number of allylic oxidation sites excluding steroid dienone is 2. The molecule has 4 aliphatic carbocycles. The van der Waals surface area contributed by atoms with Gasteiger partial charge < -0.3 is 9.69 Å². The zero-order valence-corrected chi connectivity index (χ0v) is 22.1. The minimum Gasteiger partial charge on any atom is -0.343 e. The van der Waals surface area contributed by atoms with Crippen molar-refractivity contribution in [1.82, 2.24) is 9.88 Å². The van der Waals surface area contributed by atoms with Crippen molar-refractivity contribution in [2.24, 2.45) is 34.5 Å². The third-order valence-corrected chi connectivity index (χ3v) is 10.4. The highest BCUT2D eigenvalue weighted by molar-refractivity contribution is 5.73. The van der Waals surface area contributed by atoms with Gasteiger partial charge in [-0.25, -0.2) is 0 Å². The van der Waals surface area contributed by atoms with E-state index >= 15 is 0 Å². The highest BCUT2D eigenvalue weighted by atomic mass is 16.2. The van der Waals surface area contributed by atoms with Crippen molar-refractivity contribution in [1.29, 1.82) is 0 Å². The molecule has 2 unspecified atom stereocenters. The third-order valence-electron chi connectivity index (χ3n) is 10.4. The van der Waals surface area contributed by atoms with Crippen molar-refractivity contribution < 1.29 is 9.59 Å². The van der Waals surface area contributed by atoms with Gasteiger partial charge in [-0.1, -0.05) is 19.9 Å². The van der Waals surface area contributed by atoms with E-state index in [1.165, 1.54) is 69.4 Å². The summed E-state index contributed by atoms with van der Waals surface area (Å²) >= 11 is 0. The van der Waals surface area contributed by atoms with E-state index < -0.39 is 0 Å². The fourth-order valence-corrected chi connectivity index (χ4v) is 8.56. The molecule has 1 aromatic rings. The van der Waals surface area contributed by atoms with Crippen LogP contribution in [0.4, 0.5) is 0 Å². The largest absolute Gasteiger partial charge is 0.343 e. The maximum atomic E-state index is 12.0. The standard InChI is InChI=1S/C28H40N2O.C2H4O/c1-18-14-20(17-29-16-18)24-8-9-25-23-7-6-21-15-22(30(5)19(2)31)10-12-27(21,3)26(23)11-13-28(24,25)4;1-2-3/h8,14,16-17,21-23,25-26H,6-7,9-13,15H2,1-5H3;2H,1H3/t21?,22?,23-,25-,26-,27-,28+;/m0./s1. The maximum Gasteiger partial charge on any atom is 0.219 e. The number of pyridine rings is 1. The summed E-state index contributed by atoms with van der Waals surface area (Å²) in [5.74, 6) is 3.52. The first-order valence-electron chi connectivity index (χ1n) is 13.4. The molecule has 7 atom stereocenters. The summed E-state index contributed by atoms with van der Waals surface area (Å²) in [6.07, 6.45) is 17.7. The second-order valence-corrected chi connectivity index (χ2v) is 12.0. The molecule has 0 spiro atoms. The van der Waals surface area contributed by atoms with Crippen LogP contribution in [0.3, 0.4) is 0 Å². The minimum absolute atomic E-state index is 0.228. The number of carbonyl (C=O) groups excluding carboxylic acids is 2. The van der Waals surface area contributed by atoms with Gasteiger partial charge in [0.25, 0.3) is 0 Å². The third kappa shape index (κ3) is 4.16. The van der Waals surface area contributed by atoms with Crippen molar-refractivity contribution in [3.63, 3.8) is 0 Å². The second kappa shape index (κ2) is 9.59. The van der Waals surface area contributed by atoms with Gasteiger partial charge in [0.1, 0.15) is 6.29 Å². The van der Waals surface area contributed by atoms with E-state index in [0.717, 1.165) is 30.0 Å². The summed E-state index contributed by atoms with van der Waals surface area (Å²) in [5.41, 5.74) is 4.97. The summed E-state index contributed by atoms with van der Waals surface area (Å²) in [7, 11) is 2.01. The normalized spacial score (nSPS) is 38.3. The lowest BCUT2D eigenvalue weighted by Gasteiger charge is -2.61. The number of hydrogen-bond acceptors (Lipinski definition) is 3. The molecular weight excluding hydrogens is 420 g/mol. The first-order chi connectivity index (χ1) is 16.2. The molecular formula is C30H44N2O2. The van der Waals surface area contributed by atoms with Gasteiger partial charge in [0.05, 0.1) is 0 Å². The van der Waals surface area contributed by atoms with Crippen LogP contribution in [0.15, 0.2) is 24.5 Å². The number of aldehydes is 1. The number of hydrogen-bond donors (Lipinski definition) is 0. The number of nitrogens with zero attached hydrogens (tertiary/aromatic N) is 2. The van der Waals surface area contributed by atoms with Gasteiger partial charge in [-0.2, -0.15) is 0 Å². The van der Waals surface area contributed by atoms with E-state index in [4.69, 9.17) is 4.79 Å². The molecule has 3 fully saturated rings. The molecule has 1 aromatic heterocycles. The van der Waals surface area contributed by atoms with Crippen molar-refractivity contribution in [3.05, 3.63) is 35.7 Å². The predicted octanol–water partition coefficient (Wildman–Crippen LogP) is 6.48. The Balaban J connectivity index is 0.000000868. The summed E-state index contributed by atoms with van der Waals surface area (Å²) in [4.78, 5) is 27.3. The average Bonchev–Trinajstić information content (AvgIpc) is 3.16. The fraction of sp³-hybridized carbons (Fsp3) is 0.700. The lowest BCUT2D eigenvalue weighted by Crippen LogP contribution is -2.55. The lowest BCUT2D eigenvalue weighted by atomic mass is 9.44. The molecule has 0 bridgehead atoms. The Morgan fingerprint density at radius 3 is 2.53 bits per heavy atom. The molecule has 186 valence electrons. The molecule has 0 N–H and O–H groups in total. The predicted molar refractivity (Wildman–Crippen MR) is 138 cm³/mol. The fourth-order valence-electron chi connectivity index (χ4n) is 8.56. The first kappa shape index (κ1) is 25.1. The quantitative estimate of drug-likeness (QED) is 0.471. The van der Waals surface area contributed by atoms with Gasteiger partial charge in [-0.05, 0) is 122 Å². The SMILES string of the molecule is CC(=O)N(C)C1CC[C@@]2(C)C(CC[C@@H]3[C@@H]2CC[C@]2(C)C(c4cncc(C)c4)=CC[C@@H]32)C1.CC=O. The Bertz CT molecular complexity index is 955. The Morgan fingerprint density at radius 1 is 1.12 bits per heavy atom. The van der Waals surface area contributed by atoms with Crippen molar-refractivity contribution in [3.8, 4) is 0 Å². The van der Waals surface area contributed by atoms with Crippen LogP contribution in [0.5, 0.6) is 0 Å². The molecule has 0 radical (unpaired) electrons. The topological polar surface area (TPSA) is 50.3 Å². The molecule has 4 heteroatoms. The van der Waals surface area contributed by atoms with Crippen LogP contribution in [-0.2, 0) is 9.59 Å². The Kier molecular flexibility index (Phi) is 7.09. The van der Waals surface area contributed by atoms with E-state index in [9.17, 15) is 4.79 Å². The van der Waals surface area contributed by atoms with E-state index in [0.29, 0.717) is 16.9 Å². The Morgan fingerprint density at radius 2 is 1.85 bits per heavy atom. The molecule has 4 nitrogen and oxygen atoms in total. The smallest absolute Gasteiger partial charge is 0.219 e. The van der Waals surface area contributed by atoms with Crippen molar-refractivity contribution in [2.45, 2.75) is 92.0 Å². The molecule has 5 rings (SSSR count). The first-order valence-corrected chi connectivity index (χ1v) is 13.4. The molecule has 0 aromatic carbocycles. The highest BCUT2D eigenvalue weighted by Gasteiger charge is 2.58. The molecule has 4 aliphatic rings. The molecule has 34 heavy (non-hydrogen) atoms. The Hall–Kier alpha value is -1.97. The maximum absolute atomic E-state index is 12.0. The average molecular weight is 465 g/mol. The van der Waals surface area contributed by atoms with Crippen LogP contribution in [0, 0.1) is 41.4 Å². The van der Waals surface area contributed by atoms with E-state index in [1.807, 2.05) is 18.1 Å². The molecule has 0 aliphatic heterocycles. The zero-order chi connectivity index (χ0) is 24.7. The second-order valence-electron chi connectivity index (χ2n) is 12.0. The minimum atomic E-state index is 0.228. The van der Waals surface area contributed by atoms with Gasteiger partial charge in [0.15, 0.2) is 0 Å². The van der Waals surface area contributed by atoms with E-state index in [-0.39, 0.29) is 5.91 Å². The number of fused-ring (bicyclic) bond motifs is 5. The number of aromatic nitrogens is 1. The summed E-state index contributed by atoms with van der Waals surface area (Å²) in [6, 6.07) is 2.79. The summed E-state index contributed by atoms with van der Waals surface area (Å²) in [6.45, 7) is 10.5. The van der Waals surface area contributed by atoms with Crippen LogP contribution in [0.2, 0.25) is 0 Å². The van der Waals surface area contributed by atoms with Crippen LogP contribution < -0.4 is 0 Å². The molecule has 0 saturated heterocycles. The van der Waals surface area contributed by atoms with Crippen molar-refractivity contribution in [2.75, 3.05) is 7.05 Å². The molecule has 1 amide bonds. The highest BCUT2D eigenvalue weighted by Crippen LogP contribution is 2.67. The molecule has 1 heterocycles. The summed E-state index contributed by atoms with van der Waals surface area (Å²) in [5, 5.41) is 0. The van der Waals surface area contributed by atoms with Gasteiger partial charge in [0.2, 0.25) is 5.91 Å². The monoisotopic (exact) mass is 464 g/mol. The van der Waals surface area contributed by atoms with E-state index in [2.05, 4.69) is 44.1 Å². The molecule has 3 saturated carbocycles. The van der Waals surface area contributed by atoms with Crippen LogP contribution in [0.25, 0.3) is 5.57 Å². The van der Waals surface area contributed by atoms with Crippen LogP contribution in [0.1, 0.15) is 90.2 Å². The van der Waals surface area contributed by atoms with Gasteiger partial charge >= 0.3 is 0 Å². The summed E-state index contributed by atoms with van der Waals surface area (Å²) < 4.78 is 0. The number of amides is 1. The van der Waals surface area contributed by atoms with Gasteiger partial charge in [-0.15, -0.1) is 0 Å². The number of rotatable bonds is 2. The lowest BCUT2D eigenvalue weighted by molar-refractivity contribution is -0.136.